The lowest BCUT2D eigenvalue weighted by atomic mass is 9.97. The monoisotopic (exact) mass is 386 g/mol. The van der Waals surface area contributed by atoms with Crippen LogP contribution >= 0.6 is 11.6 Å². The fourth-order valence-corrected chi connectivity index (χ4v) is 4.86. The molecule has 0 spiro atoms. The van der Waals surface area contributed by atoms with Crippen LogP contribution in [0.5, 0.6) is 0 Å². The summed E-state index contributed by atoms with van der Waals surface area (Å²) in [7, 11) is -3.56. The number of hydrogen-bond acceptors (Lipinski definition) is 3. The zero-order valence-corrected chi connectivity index (χ0v) is 16.5. The molecule has 5 nitrogen and oxygen atoms in total. The normalized spacial score (nSPS) is 17.5. The van der Waals surface area contributed by atoms with Gasteiger partial charge in [-0.15, -0.1) is 0 Å². The highest BCUT2D eigenvalue weighted by Crippen LogP contribution is 2.22. The van der Waals surface area contributed by atoms with E-state index < -0.39 is 10.0 Å². The van der Waals surface area contributed by atoms with Crippen LogP contribution in [0.2, 0.25) is 5.02 Å². The van der Waals surface area contributed by atoms with Crippen molar-refractivity contribution >= 4 is 27.5 Å². The van der Waals surface area contributed by atoms with E-state index in [1.807, 2.05) is 11.8 Å². The van der Waals surface area contributed by atoms with Gasteiger partial charge in [-0.1, -0.05) is 44.4 Å². The summed E-state index contributed by atoms with van der Waals surface area (Å²) in [6.07, 6.45) is 3.87. The Morgan fingerprint density at radius 3 is 2.44 bits per heavy atom. The van der Waals surface area contributed by atoms with Crippen molar-refractivity contribution in [3.63, 3.8) is 0 Å². The van der Waals surface area contributed by atoms with E-state index >= 15 is 0 Å². The molecular formula is C18H27ClN2O3S. The van der Waals surface area contributed by atoms with Crippen LogP contribution in [0.3, 0.4) is 0 Å². The Morgan fingerprint density at radius 2 is 1.88 bits per heavy atom. The maximum absolute atomic E-state index is 12.7. The van der Waals surface area contributed by atoms with Gasteiger partial charge in [0.05, 0.1) is 4.90 Å². The minimum Gasteiger partial charge on any atom is -0.340 e. The van der Waals surface area contributed by atoms with E-state index in [1.165, 1.54) is 10.4 Å². The van der Waals surface area contributed by atoms with Crippen LogP contribution in [-0.4, -0.2) is 49.7 Å². The first-order valence-corrected chi connectivity index (χ1v) is 10.8. The van der Waals surface area contributed by atoms with Crippen LogP contribution in [0, 0.1) is 5.92 Å². The molecule has 1 fully saturated rings. The minimum atomic E-state index is -3.56. The largest absolute Gasteiger partial charge is 0.340 e. The minimum absolute atomic E-state index is 0.0519. The number of hydrogen-bond donors (Lipinski definition) is 0. The van der Waals surface area contributed by atoms with Crippen LogP contribution in [0.4, 0.5) is 0 Å². The van der Waals surface area contributed by atoms with Crippen LogP contribution in [0.25, 0.3) is 0 Å². The lowest BCUT2D eigenvalue weighted by molar-refractivity contribution is -0.137. The quantitative estimate of drug-likeness (QED) is 0.721. The van der Waals surface area contributed by atoms with Crippen molar-refractivity contribution in [2.45, 2.75) is 44.4 Å². The van der Waals surface area contributed by atoms with Crippen molar-refractivity contribution in [1.29, 1.82) is 0 Å². The molecule has 1 aliphatic rings. The molecule has 140 valence electrons. The number of halogens is 1. The lowest BCUT2D eigenvalue weighted by Gasteiger charge is -2.35. The summed E-state index contributed by atoms with van der Waals surface area (Å²) >= 11 is 5.91. The van der Waals surface area contributed by atoms with Gasteiger partial charge in [-0.05, 0) is 31.0 Å². The Kier molecular flexibility index (Phi) is 7.28. The average molecular weight is 387 g/mol. The number of rotatable bonds is 7. The number of piperazine rings is 1. The molecule has 1 heterocycles. The maximum atomic E-state index is 12.7. The molecule has 0 aromatic heterocycles. The van der Waals surface area contributed by atoms with Crippen molar-refractivity contribution < 1.29 is 13.2 Å². The third-order valence-corrected chi connectivity index (χ3v) is 6.86. The van der Waals surface area contributed by atoms with Crippen molar-refractivity contribution in [3.05, 3.63) is 29.3 Å². The van der Waals surface area contributed by atoms with E-state index in [2.05, 4.69) is 6.92 Å². The van der Waals surface area contributed by atoms with Crippen molar-refractivity contribution in [1.82, 2.24) is 9.21 Å². The Labute approximate surface area is 156 Å². The number of nitrogens with zero attached hydrogens (tertiary/aromatic N) is 2. The molecule has 0 bridgehead atoms. The molecule has 0 radical (unpaired) electrons. The molecule has 1 unspecified atom stereocenters. The summed E-state index contributed by atoms with van der Waals surface area (Å²) in [5.41, 5.74) is 0. The molecule has 1 atom stereocenters. The number of carbonyl (C=O) groups is 1. The van der Waals surface area contributed by atoms with E-state index in [1.54, 1.807) is 18.2 Å². The number of carbonyl (C=O) groups excluding carboxylic acids is 1. The summed E-state index contributed by atoms with van der Waals surface area (Å²) in [5.74, 6) is 0.215. The van der Waals surface area contributed by atoms with Crippen LogP contribution in [0.15, 0.2) is 29.2 Å². The van der Waals surface area contributed by atoms with E-state index in [0.29, 0.717) is 31.2 Å². The summed E-state index contributed by atoms with van der Waals surface area (Å²) in [6, 6.07) is 6.30. The second kappa shape index (κ2) is 9.01. The molecule has 0 saturated carbocycles. The van der Waals surface area contributed by atoms with Gasteiger partial charge in [-0.2, -0.15) is 4.31 Å². The first-order chi connectivity index (χ1) is 11.9. The van der Waals surface area contributed by atoms with Crippen molar-refractivity contribution in [2.75, 3.05) is 26.2 Å². The lowest BCUT2D eigenvalue weighted by Crippen LogP contribution is -2.51. The third kappa shape index (κ3) is 4.96. The number of amides is 1. The molecule has 2 rings (SSSR count). The Balaban J connectivity index is 2.00. The summed E-state index contributed by atoms with van der Waals surface area (Å²) in [5, 5.41) is 0.400. The Morgan fingerprint density at radius 1 is 1.20 bits per heavy atom. The van der Waals surface area contributed by atoms with Crippen molar-refractivity contribution in [3.8, 4) is 0 Å². The molecule has 7 heteroatoms. The van der Waals surface area contributed by atoms with Gasteiger partial charge in [0.15, 0.2) is 0 Å². The van der Waals surface area contributed by atoms with Gasteiger partial charge in [0.25, 0.3) is 0 Å². The predicted molar refractivity (Wildman–Crippen MR) is 100 cm³/mol. The van der Waals surface area contributed by atoms with Gasteiger partial charge in [0, 0.05) is 37.1 Å². The zero-order chi connectivity index (χ0) is 18.4. The highest BCUT2D eigenvalue weighted by atomic mass is 35.5. The first-order valence-electron chi connectivity index (χ1n) is 8.94. The van der Waals surface area contributed by atoms with Gasteiger partial charge < -0.3 is 4.90 Å². The fraction of sp³-hybridized carbons (Fsp3) is 0.611. The van der Waals surface area contributed by atoms with Gasteiger partial charge >= 0.3 is 0 Å². The smallest absolute Gasteiger partial charge is 0.243 e. The Bertz CT molecular complexity index is 685. The van der Waals surface area contributed by atoms with Gasteiger partial charge in [-0.3, -0.25) is 4.79 Å². The molecule has 0 N–H and O–H groups in total. The maximum Gasteiger partial charge on any atom is 0.243 e. The molecule has 1 aromatic rings. The first kappa shape index (κ1) is 20.2. The zero-order valence-electron chi connectivity index (χ0n) is 14.9. The SMILES string of the molecule is CCCCC(CC)C(=O)N1CCN(S(=O)(=O)c2cccc(Cl)c2)CC1. The van der Waals surface area contributed by atoms with Gasteiger partial charge in [-0.25, -0.2) is 8.42 Å². The molecule has 25 heavy (non-hydrogen) atoms. The summed E-state index contributed by atoms with van der Waals surface area (Å²) < 4.78 is 26.9. The van der Waals surface area contributed by atoms with Gasteiger partial charge in [0.2, 0.25) is 15.9 Å². The second-order valence-corrected chi connectivity index (χ2v) is 8.81. The van der Waals surface area contributed by atoms with E-state index in [4.69, 9.17) is 11.6 Å². The highest BCUT2D eigenvalue weighted by Gasteiger charge is 2.31. The molecule has 1 saturated heterocycles. The second-order valence-electron chi connectivity index (χ2n) is 6.43. The van der Waals surface area contributed by atoms with Crippen LogP contribution < -0.4 is 0 Å². The molecule has 1 aromatic carbocycles. The number of benzene rings is 1. The van der Waals surface area contributed by atoms with Crippen LogP contribution in [0.1, 0.15) is 39.5 Å². The van der Waals surface area contributed by atoms with Crippen molar-refractivity contribution in [2.24, 2.45) is 5.92 Å². The highest BCUT2D eigenvalue weighted by molar-refractivity contribution is 7.89. The van der Waals surface area contributed by atoms with E-state index in [0.717, 1.165) is 25.7 Å². The number of unbranched alkanes of at least 4 members (excludes halogenated alkanes) is 1. The Hall–Kier alpha value is -1.11. The average Bonchev–Trinajstić information content (AvgIpc) is 2.62. The molecule has 0 aliphatic carbocycles. The predicted octanol–water partition coefficient (Wildman–Crippen LogP) is 3.39. The molecule has 1 aliphatic heterocycles. The van der Waals surface area contributed by atoms with Gasteiger partial charge in [0.1, 0.15) is 0 Å². The standard InChI is InChI=1S/C18H27ClN2O3S/c1-3-5-7-15(4-2)18(22)20-10-12-21(13-11-20)25(23,24)17-9-6-8-16(19)14-17/h6,8-9,14-15H,3-5,7,10-13H2,1-2H3. The summed E-state index contributed by atoms with van der Waals surface area (Å²) in [4.78, 5) is 14.7. The topological polar surface area (TPSA) is 57.7 Å². The third-order valence-electron chi connectivity index (χ3n) is 4.73. The molecule has 1 amide bonds. The van der Waals surface area contributed by atoms with E-state index in [-0.39, 0.29) is 16.7 Å². The molecular weight excluding hydrogens is 360 g/mol. The summed E-state index contributed by atoms with van der Waals surface area (Å²) in [6.45, 7) is 5.70. The number of sulfonamides is 1. The van der Waals surface area contributed by atoms with E-state index in [9.17, 15) is 13.2 Å². The van der Waals surface area contributed by atoms with Crippen LogP contribution in [-0.2, 0) is 14.8 Å². The fourth-order valence-electron chi connectivity index (χ4n) is 3.14.